The van der Waals surface area contributed by atoms with Crippen LogP contribution in [0.2, 0.25) is 0 Å². The lowest BCUT2D eigenvalue weighted by molar-refractivity contribution is -0.145. The Morgan fingerprint density at radius 1 is 1.06 bits per heavy atom. The zero-order chi connectivity index (χ0) is 22.2. The Morgan fingerprint density at radius 3 is 2.32 bits per heavy atom. The topological polar surface area (TPSA) is 73.2 Å². The zero-order valence-corrected chi connectivity index (χ0v) is 18.8. The molecule has 3 rings (SSSR count). The van der Waals surface area contributed by atoms with Gasteiger partial charge in [-0.25, -0.2) is 9.78 Å². The highest BCUT2D eigenvalue weighted by molar-refractivity contribution is 7.99. The second-order valence-electron chi connectivity index (χ2n) is 7.52. The quantitative estimate of drug-likeness (QED) is 0.398. The minimum Gasteiger partial charge on any atom is -0.467 e. The van der Waals surface area contributed by atoms with Crippen LogP contribution in [0.25, 0.3) is 16.9 Å². The largest absolute Gasteiger partial charge is 0.467 e. The molecule has 7 heteroatoms. The molecule has 0 bridgehead atoms. The molecule has 1 N–H and O–H groups in total. The van der Waals surface area contributed by atoms with Gasteiger partial charge in [-0.3, -0.25) is 9.36 Å². The fraction of sp³-hybridized carbons (Fsp3) is 0.292. The van der Waals surface area contributed by atoms with E-state index in [4.69, 9.17) is 4.74 Å². The molecule has 1 heterocycles. The van der Waals surface area contributed by atoms with Crippen molar-refractivity contribution in [3.8, 4) is 16.9 Å². The van der Waals surface area contributed by atoms with Gasteiger partial charge < -0.3 is 10.1 Å². The summed E-state index contributed by atoms with van der Waals surface area (Å²) in [6, 6.07) is 19.3. The minimum absolute atomic E-state index is 0.143. The average Bonchev–Trinajstić information content (AvgIpc) is 3.21. The smallest absolute Gasteiger partial charge is 0.328 e. The van der Waals surface area contributed by atoms with Crippen molar-refractivity contribution >= 4 is 23.6 Å². The van der Waals surface area contributed by atoms with Crippen molar-refractivity contribution in [3.63, 3.8) is 0 Å². The molecule has 0 saturated heterocycles. The predicted octanol–water partition coefficient (Wildman–Crippen LogP) is 4.34. The lowest BCUT2D eigenvalue weighted by atomic mass is 10.0. The van der Waals surface area contributed by atoms with Gasteiger partial charge in [0.25, 0.3) is 0 Å². The summed E-state index contributed by atoms with van der Waals surface area (Å²) in [6.07, 6.45) is 2.35. The van der Waals surface area contributed by atoms with Crippen LogP contribution in [0.4, 0.5) is 0 Å². The number of hydrogen-bond donors (Lipinski definition) is 1. The molecule has 1 unspecified atom stereocenters. The Labute approximate surface area is 187 Å². The van der Waals surface area contributed by atoms with Crippen LogP contribution in [0.1, 0.15) is 20.3 Å². The lowest BCUT2D eigenvalue weighted by Crippen LogP contribution is -2.43. The van der Waals surface area contributed by atoms with Gasteiger partial charge in [0, 0.05) is 11.3 Å². The van der Waals surface area contributed by atoms with Crippen LogP contribution in [0.5, 0.6) is 0 Å². The first kappa shape index (κ1) is 22.6. The fourth-order valence-corrected chi connectivity index (χ4v) is 4.07. The van der Waals surface area contributed by atoms with Gasteiger partial charge in [0.2, 0.25) is 5.91 Å². The highest BCUT2D eigenvalue weighted by atomic mass is 32.2. The van der Waals surface area contributed by atoms with E-state index in [1.54, 1.807) is 0 Å². The molecule has 0 radical (unpaired) electrons. The number of nitrogens with one attached hydrogen (secondary N) is 1. The first-order valence-electron chi connectivity index (χ1n) is 10.2. The molecule has 1 atom stereocenters. The number of thioether (sulfide) groups is 1. The molecule has 2 aromatic carbocycles. The van der Waals surface area contributed by atoms with E-state index in [0.717, 1.165) is 16.9 Å². The lowest BCUT2D eigenvalue weighted by Gasteiger charge is -2.18. The first-order chi connectivity index (χ1) is 15.0. The SMILES string of the molecule is COC(=O)C(CC(C)C)NC(=O)CSc1ncc(-c2ccccc2)n1-c1ccccc1. The van der Waals surface area contributed by atoms with Gasteiger partial charge in [-0.1, -0.05) is 74.1 Å². The van der Waals surface area contributed by atoms with Crippen LogP contribution < -0.4 is 5.32 Å². The second kappa shape index (κ2) is 10.8. The molecule has 0 aliphatic carbocycles. The summed E-state index contributed by atoms with van der Waals surface area (Å²) >= 11 is 1.33. The molecule has 0 aliphatic rings. The Morgan fingerprint density at radius 2 is 1.71 bits per heavy atom. The van der Waals surface area contributed by atoms with Crippen LogP contribution in [0.15, 0.2) is 72.0 Å². The standard InChI is InChI=1S/C24H27N3O3S/c1-17(2)14-20(23(29)30-3)26-22(28)16-31-24-25-15-21(18-10-6-4-7-11-18)27(24)19-12-8-5-9-13-19/h4-13,15,17,20H,14,16H2,1-3H3,(H,26,28). The number of esters is 1. The maximum Gasteiger partial charge on any atom is 0.328 e. The number of para-hydroxylation sites is 1. The maximum atomic E-state index is 12.6. The van der Waals surface area contributed by atoms with Gasteiger partial charge in [-0.15, -0.1) is 0 Å². The summed E-state index contributed by atoms with van der Waals surface area (Å²) in [5, 5.41) is 3.50. The minimum atomic E-state index is -0.646. The highest BCUT2D eigenvalue weighted by Gasteiger charge is 2.23. The Bertz CT molecular complexity index is 1000. The normalized spacial score (nSPS) is 11.9. The Kier molecular flexibility index (Phi) is 7.89. The molecular formula is C24H27N3O3S. The molecule has 0 saturated carbocycles. The third-order valence-electron chi connectivity index (χ3n) is 4.67. The maximum absolute atomic E-state index is 12.6. The molecule has 31 heavy (non-hydrogen) atoms. The molecule has 0 fully saturated rings. The van der Waals surface area contributed by atoms with E-state index in [1.165, 1.54) is 18.9 Å². The van der Waals surface area contributed by atoms with Gasteiger partial charge in [0.15, 0.2) is 5.16 Å². The molecule has 3 aromatic rings. The number of aromatic nitrogens is 2. The second-order valence-corrected chi connectivity index (χ2v) is 8.47. The van der Waals surface area contributed by atoms with Crippen molar-refractivity contribution in [2.24, 2.45) is 5.92 Å². The van der Waals surface area contributed by atoms with Gasteiger partial charge in [-0.2, -0.15) is 0 Å². The number of methoxy groups -OCH3 is 1. The van der Waals surface area contributed by atoms with Crippen molar-refractivity contribution < 1.29 is 14.3 Å². The molecule has 162 valence electrons. The van der Waals surface area contributed by atoms with E-state index in [0.29, 0.717) is 11.6 Å². The third-order valence-corrected chi connectivity index (χ3v) is 5.63. The number of carbonyl (C=O) groups excluding carboxylic acids is 2. The van der Waals surface area contributed by atoms with Gasteiger partial charge in [-0.05, 0) is 24.5 Å². The molecule has 0 aliphatic heterocycles. The van der Waals surface area contributed by atoms with Crippen LogP contribution >= 0.6 is 11.8 Å². The van der Waals surface area contributed by atoms with Crippen molar-refractivity contribution in [1.29, 1.82) is 0 Å². The number of carbonyl (C=O) groups is 2. The van der Waals surface area contributed by atoms with Crippen LogP contribution in [0, 0.1) is 5.92 Å². The number of nitrogens with zero attached hydrogens (tertiary/aromatic N) is 2. The van der Waals surface area contributed by atoms with E-state index < -0.39 is 12.0 Å². The van der Waals surface area contributed by atoms with E-state index in [1.807, 2.05) is 85.3 Å². The van der Waals surface area contributed by atoms with Crippen molar-refractivity contribution in [3.05, 3.63) is 66.9 Å². The number of ether oxygens (including phenoxy) is 1. The molecule has 0 spiro atoms. The molecule has 1 aromatic heterocycles. The fourth-order valence-electron chi connectivity index (χ4n) is 3.27. The summed E-state index contributed by atoms with van der Waals surface area (Å²) in [7, 11) is 1.33. The summed E-state index contributed by atoms with van der Waals surface area (Å²) in [4.78, 5) is 29.1. The number of amides is 1. The summed E-state index contributed by atoms with van der Waals surface area (Å²) in [5.74, 6) is -0.263. The van der Waals surface area contributed by atoms with E-state index in [2.05, 4.69) is 10.3 Å². The Balaban J connectivity index is 1.79. The number of benzene rings is 2. The number of hydrogen-bond acceptors (Lipinski definition) is 5. The van der Waals surface area contributed by atoms with Crippen molar-refractivity contribution in [2.75, 3.05) is 12.9 Å². The number of rotatable bonds is 9. The van der Waals surface area contributed by atoms with Crippen molar-refractivity contribution in [2.45, 2.75) is 31.5 Å². The number of imidazole rings is 1. The summed E-state index contributed by atoms with van der Waals surface area (Å²) in [5.41, 5.74) is 2.95. The monoisotopic (exact) mass is 437 g/mol. The van der Waals surface area contributed by atoms with Gasteiger partial charge in [0.05, 0.1) is 24.8 Å². The van der Waals surface area contributed by atoms with E-state index in [9.17, 15) is 9.59 Å². The first-order valence-corrected chi connectivity index (χ1v) is 11.2. The van der Waals surface area contributed by atoms with E-state index in [-0.39, 0.29) is 17.6 Å². The molecule has 6 nitrogen and oxygen atoms in total. The predicted molar refractivity (Wildman–Crippen MR) is 123 cm³/mol. The average molecular weight is 438 g/mol. The third kappa shape index (κ3) is 5.98. The summed E-state index contributed by atoms with van der Waals surface area (Å²) in [6.45, 7) is 4.00. The van der Waals surface area contributed by atoms with Crippen LogP contribution in [0.3, 0.4) is 0 Å². The van der Waals surface area contributed by atoms with Crippen molar-refractivity contribution in [1.82, 2.24) is 14.9 Å². The molecular weight excluding hydrogens is 410 g/mol. The molecule has 1 amide bonds. The zero-order valence-electron chi connectivity index (χ0n) is 17.9. The van der Waals surface area contributed by atoms with Gasteiger partial charge in [0.1, 0.15) is 6.04 Å². The Hall–Kier alpha value is -3.06. The highest BCUT2D eigenvalue weighted by Crippen LogP contribution is 2.29. The van der Waals surface area contributed by atoms with Gasteiger partial charge >= 0.3 is 5.97 Å². The van der Waals surface area contributed by atoms with Crippen LogP contribution in [-0.2, 0) is 14.3 Å². The van der Waals surface area contributed by atoms with E-state index >= 15 is 0 Å². The summed E-state index contributed by atoms with van der Waals surface area (Å²) < 4.78 is 6.87. The van der Waals surface area contributed by atoms with Crippen LogP contribution in [-0.4, -0.2) is 40.3 Å².